The van der Waals surface area contributed by atoms with E-state index < -0.39 is 6.10 Å². The van der Waals surface area contributed by atoms with Gasteiger partial charge in [-0.25, -0.2) is 4.39 Å². The van der Waals surface area contributed by atoms with E-state index in [-0.39, 0.29) is 12.2 Å². The Labute approximate surface area is 127 Å². The normalized spacial score (nSPS) is 12.0. The molecule has 0 radical (unpaired) electrons. The summed E-state index contributed by atoms with van der Waals surface area (Å²) in [5.74, 6) is 0.771. The number of ether oxygens (including phenoxy) is 2. The van der Waals surface area contributed by atoms with Gasteiger partial charge in [0.2, 0.25) is 0 Å². The predicted octanol–water partition coefficient (Wildman–Crippen LogP) is 3.77. The third kappa shape index (κ3) is 3.86. The molecule has 0 aromatic heterocycles. The third-order valence-electron chi connectivity index (χ3n) is 3.18. The zero-order valence-corrected chi connectivity index (χ0v) is 12.5. The van der Waals surface area contributed by atoms with Crippen LogP contribution in [-0.4, -0.2) is 19.3 Å². The molecule has 0 aliphatic rings. The molecule has 0 saturated heterocycles. The van der Waals surface area contributed by atoms with Crippen molar-refractivity contribution in [1.29, 1.82) is 0 Å². The lowest BCUT2D eigenvalue weighted by atomic mass is 10.0. The molecule has 0 fully saturated rings. The van der Waals surface area contributed by atoms with Crippen molar-refractivity contribution in [2.24, 2.45) is 0 Å². The highest BCUT2D eigenvalue weighted by Crippen LogP contribution is 2.29. The zero-order valence-electron chi connectivity index (χ0n) is 11.8. The van der Waals surface area contributed by atoms with E-state index in [1.165, 1.54) is 32.4 Å². The van der Waals surface area contributed by atoms with Crippen LogP contribution in [0.15, 0.2) is 36.4 Å². The fraction of sp³-hybridized carbons (Fsp3) is 0.250. The van der Waals surface area contributed by atoms with Gasteiger partial charge >= 0.3 is 0 Å². The monoisotopic (exact) mass is 310 g/mol. The van der Waals surface area contributed by atoms with Crippen molar-refractivity contribution >= 4 is 11.6 Å². The molecule has 0 aliphatic carbocycles. The summed E-state index contributed by atoms with van der Waals surface area (Å²) in [5, 5.41) is 10.8. The minimum Gasteiger partial charge on any atom is -0.497 e. The van der Waals surface area contributed by atoms with Crippen LogP contribution in [0.1, 0.15) is 17.2 Å². The van der Waals surface area contributed by atoms with Crippen LogP contribution in [0.2, 0.25) is 5.02 Å². The van der Waals surface area contributed by atoms with E-state index in [0.717, 1.165) is 0 Å². The summed E-state index contributed by atoms with van der Waals surface area (Å²) < 4.78 is 23.6. The Morgan fingerprint density at radius 1 is 1.10 bits per heavy atom. The summed E-state index contributed by atoms with van der Waals surface area (Å²) in [6.45, 7) is 0. The Morgan fingerprint density at radius 3 is 2.29 bits per heavy atom. The molecule has 5 heteroatoms. The van der Waals surface area contributed by atoms with E-state index in [0.29, 0.717) is 27.6 Å². The van der Waals surface area contributed by atoms with Crippen molar-refractivity contribution in [1.82, 2.24) is 0 Å². The van der Waals surface area contributed by atoms with Crippen molar-refractivity contribution in [2.75, 3.05) is 14.2 Å². The highest BCUT2D eigenvalue weighted by atomic mass is 35.5. The van der Waals surface area contributed by atoms with Crippen LogP contribution in [0.25, 0.3) is 0 Å². The van der Waals surface area contributed by atoms with Crippen molar-refractivity contribution in [3.8, 4) is 11.5 Å². The van der Waals surface area contributed by atoms with Gasteiger partial charge in [-0.3, -0.25) is 0 Å². The summed E-state index contributed by atoms with van der Waals surface area (Å²) in [6, 6.07) is 9.22. The van der Waals surface area contributed by atoms with Crippen molar-refractivity contribution < 1.29 is 19.0 Å². The van der Waals surface area contributed by atoms with Gasteiger partial charge in [0.1, 0.15) is 17.3 Å². The number of rotatable bonds is 5. The van der Waals surface area contributed by atoms with E-state index in [2.05, 4.69) is 0 Å². The first kappa shape index (κ1) is 15.6. The highest BCUT2D eigenvalue weighted by molar-refractivity contribution is 6.31. The first-order valence-electron chi connectivity index (χ1n) is 6.38. The Morgan fingerprint density at radius 2 is 1.71 bits per heavy atom. The molecule has 2 aromatic carbocycles. The summed E-state index contributed by atoms with van der Waals surface area (Å²) in [7, 11) is 3.07. The van der Waals surface area contributed by atoms with Crippen LogP contribution in [0.5, 0.6) is 11.5 Å². The number of hydrogen-bond acceptors (Lipinski definition) is 3. The number of hydrogen-bond donors (Lipinski definition) is 1. The summed E-state index contributed by atoms with van der Waals surface area (Å²) in [5.41, 5.74) is 1.16. The van der Waals surface area contributed by atoms with Gasteiger partial charge in [-0.1, -0.05) is 11.6 Å². The van der Waals surface area contributed by atoms with Crippen LogP contribution in [-0.2, 0) is 6.42 Å². The molecule has 0 saturated carbocycles. The second-order valence-corrected chi connectivity index (χ2v) is 5.01. The van der Waals surface area contributed by atoms with Gasteiger partial charge in [-0.2, -0.15) is 0 Å². The number of aliphatic hydroxyl groups excluding tert-OH is 1. The fourth-order valence-corrected chi connectivity index (χ4v) is 2.24. The molecule has 0 bridgehead atoms. The minimum atomic E-state index is -0.840. The molecule has 0 heterocycles. The molecular weight excluding hydrogens is 295 g/mol. The molecule has 0 aliphatic heterocycles. The molecule has 2 rings (SSSR count). The van der Waals surface area contributed by atoms with Crippen LogP contribution >= 0.6 is 11.6 Å². The second-order valence-electron chi connectivity index (χ2n) is 4.60. The third-order valence-corrected chi connectivity index (χ3v) is 3.55. The standard InChI is InChI=1S/C16H16ClFO3/c1-20-13-6-11(7-14(9-13)21-2)16(19)8-10-5-12(18)3-4-15(10)17/h3-7,9,16,19H,8H2,1-2H3. The maximum Gasteiger partial charge on any atom is 0.123 e. The molecular formula is C16H16ClFO3. The lowest BCUT2D eigenvalue weighted by Crippen LogP contribution is -2.04. The molecule has 1 unspecified atom stereocenters. The van der Waals surface area contributed by atoms with Crippen molar-refractivity contribution in [2.45, 2.75) is 12.5 Å². The number of methoxy groups -OCH3 is 2. The van der Waals surface area contributed by atoms with E-state index in [1.807, 2.05) is 0 Å². The van der Waals surface area contributed by atoms with Crippen molar-refractivity contribution in [3.63, 3.8) is 0 Å². The summed E-state index contributed by atoms with van der Waals surface area (Å²) in [4.78, 5) is 0. The maximum absolute atomic E-state index is 13.3. The number of benzene rings is 2. The van der Waals surface area contributed by atoms with Gasteiger partial charge in [0.25, 0.3) is 0 Å². The lowest BCUT2D eigenvalue weighted by molar-refractivity contribution is 0.177. The van der Waals surface area contributed by atoms with Gasteiger partial charge in [0.05, 0.1) is 20.3 Å². The van der Waals surface area contributed by atoms with Crippen molar-refractivity contribution in [3.05, 3.63) is 58.4 Å². The minimum absolute atomic E-state index is 0.201. The average Bonchev–Trinajstić information content (AvgIpc) is 2.50. The lowest BCUT2D eigenvalue weighted by Gasteiger charge is -2.15. The molecule has 112 valence electrons. The van der Waals surface area contributed by atoms with E-state index in [9.17, 15) is 9.50 Å². The molecule has 2 aromatic rings. The molecule has 1 atom stereocenters. The smallest absolute Gasteiger partial charge is 0.123 e. The molecule has 3 nitrogen and oxygen atoms in total. The van der Waals surface area contributed by atoms with Crippen LogP contribution in [0.3, 0.4) is 0 Å². The van der Waals surface area contributed by atoms with Gasteiger partial charge < -0.3 is 14.6 Å². The SMILES string of the molecule is COc1cc(OC)cc(C(O)Cc2cc(F)ccc2Cl)c1. The fourth-order valence-electron chi connectivity index (χ4n) is 2.05. The van der Waals surface area contributed by atoms with Gasteiger partial charge in [0.15, 0.2) is 0 Å². The summed E-state index contributed by atoms with van der Waals surface area (Å²) in [6.07, 6.45) is -0.638. The predicted molar refractivity (Wildman–Crippen MR) is 79.6 cm³/mol. The molecule has 21 heavy (non-hydrogen) atoms. The van der Waals surface area contributed by atoms with Gasteiger partial charge in [-0.05, 0) is 41.5 Å². The maximum atomic E-state index is 13.3. The van der Waals surface area contributed by atoms with E-state index in [4.69, 9.17) is 21.1 Å². The second kappa shape index (κ2) is 6.78. The first-order valence-corrected chi connectivity index (χ1v) is 6.76. The van der Waals surface area contributed by atoms with E-state index >= 15 is 0 Å². The van der Waals surface area contributed by atoms with Crippen LogP contribution in [0, 0.1) is 5.82 Å². The number of halogens is 2. The van der Waals surface area contributed by atoms with Gasteiger partial charge in [-0.15, -0.1) is 0 Å². The number of aliphatic hydroxyl groups is 1. The quantitative estimate of drug-likeness (QED) is 0.913. The van der Waals surface area contributed by atoms with E-state index in [1.54, 1.807) is 18.2 Å². The molecule has 0 spiro atoms. The Kier molecular flexibility index (Phi) is 5.04. The van der Waals surface area contributed by atoms with Crippen LogP contribution in [0.4, 0.5) is 4.39 Å². The van der Waals surface area contributed by atoms with Gasteiger partial charge in [0, 0.05) is 17.5 Å². The zero-order chi connectivity index (χ0) is 15.4. The Hall–Kier alpha value is -1.78. The largest absolute Gasteiger partial charge is 0.497 e. The average molecular weight is 311 g/mol. The molecule has 0 amide bonds. The Balaban J connectivity index is 2.27. The topological polar surface area (TPSA) is 38.7 Å². The molecule has 1 N–H and O–H groups in total. The van der Waals surface area contributed by atoms with Crippen LogP contribution < -0.4 is 9.47 Å². The first-order chi connectivity index (χ1) is 10.0. The highest BCUT2D eigenvalue weighted by Gasteiger charge is 2.14. The Bertz CT molecular complexity index is 609. The summed E-state index contributed by atoms with van der Waals surface area (Å²) >= 11 is 6.02.